The van der Waals surface area contributed by atoms with Gasteiger partial charge < -0.3 is 45.4 Å². The molecule has 4 bridgehead atoms. The Morgan fingerprint density at radius 1 is 0.640 bits per heavy atom. The van der Waals surface area contributed by atoms with Crippen LogP contribution in [-0.4, -0.2) is 129 Å². The van der Waals surface area contributed by atoms with Crippen LogP contribution in [0.15, 0.2) is 48.1 Å². The van der Waals surface area contributed by atoms with Crippen molar-refractivity contribution in [3.63, 3.8) is 0 Å². The van der Waals surface area contributed by atoms with Crippen molar-refractivity contribution < 1.29 is 53.3 Å². The van der Waals surface area contributed by atoms with Gasteiger partial charge in [-0.25, -0.2) is 0 Å². The molecule has 6 saturated carbocycles. The fourth-order valence-electron chi connectivity index (χ4n) is 24.1. The summed E-state index contributed by atoms with van der Waals surface area (Å²) in [5.74, 6) is 0.682. The van der Waals surface area contributed by atoms with Crippen molar-refractivity contribution in [2.24, 2.45) is 136 Å². The van der Waals surface area contributed by atoms with Gasteiger partial charge in [0, 0.05) is 40.9 Å². The van der Waals surface area contributed by atoms with Crippen LogP contribution in [0.4, 0.5) is 11.4 Å². The van der Waals surface area contributed by atoms with Gasteiger partial charge in [-0.05, 0) is 168 Å². The summed E-state index contributed by atoms with van der Waals surface area (Å²) in [6, 6.07) is -0.496. The molecule has 2 aliphatic heterocycles. The molecule has 2 aromatic rings. The lowest BCUT2D eigenvalue weighted by molar-refractivity contribution is -0.385. The van der Waals surface area contributed by atoms with Crippen LogP contribution < -0.4 is 11.5 Å². The van der Waals surface area contributed by atoms with E-state index in [2.05, 4.69) is 166 Å². The van der Waals surface area contributed by atoms with E-state index in [1.165, 1.54) is 18.0 Å². The quantitative estimate of drug-likeness (QED) is 0.0592. The zero-order valence-corrected chi connectivity index (χ0v) is 64.7. The SMILES string of the molecule is CC(C)[C@@H](C)[C@@]1(C)CC[C@]2(C)[C@H]3CC[C@@H]4[C@@]5(COC[C@@]4(C)[C@@H](OC[C@H](N)C(C)(C)C)[C@H](n4cc([N+](=O)[O-])cn4)C5)C3=CC[C@@]2(C)[C@@H]1C(=O)O.CO[C@@H]1C[C@@]23COC[C@](C)([C@@H]2CC[C@H]2C3=CC[C@@]3(C)[C@H](C(=O)O)[C@@](C)([C@H](C)C(C)C)CC[C@]23C)[C@H]1OC[C@H](N)C(C)(C)C.O=[N+]([O-])c1cn[nH]c1. The van der Waals surface area contributed by atoms with E-state index in [1.54, 1.807) is 16.5 Å². The molecule has 562 valence electrons. The van der Waals surface area contributed by atoms with Crippen LogP contribution in [0, 0.1) is 144 Å². The summed E-state index contributed by atoms with van der Waals surface area (Å²) in [5, 5.41) is 53.9. The number of allylic oxidation sites excluding steroid dienone is 2. The second kappa shape index (κ2) is 27.1. The predicted octanol–water partition coefficient (Wildman–Crippen LogP) is 15.3. The van der Waals surface area contributed by atoms with E-state index in [0.29, 0.717) is 69.0 Å². The summed E-state index contributed by atoms with van der Waals surface area (Å²) < 4.78 is 35.0. The summed E-state index contributed by atoms with van der Waals surface area (Å²) in [4.78, 5) is 47.5. The Balaban J connectivity index is 0.000000195. The summed E-state index contributed by atoms with van der Waals surface area (Å²) in [6.07, 6.45) is 21.1. The highest BCUT2D eigenvalue weighted by molar-refractivity contribution is 5.74. The van der Waals surface area contributed by atoms with Gasteiger partial charge in [0.2, 0.25) is 0 Å². The zero-order valence-electron chi connectivity index (χ0n) is 64.7. The lowest BCUT2D eigenvalue weighted by Crippen LogP contribution is -2.70. The van der Waals surface area contributed by atoms with Crippen molar-refractivity contribution in [2.45, 2.75) is 252 Å². The summed E-state index contributed by atoms with van der Waals surface area (Å²) in [6.45, 7) is 48.4. The van der Waals surface area contributed by atoms with E-state index in [1.807, 2.05) is 7.11 Å². The molecule has 0 amide bonds. The number of aliphatic carboxylic acids is 2. The largest absolute Gasteiger partial charge is 0.481 e. The van der Waals surface area contributed by atoms with Gasteiger partial charge in [0.25, 0.3) is 0 Å². The lowest BCUT2D eigenvalue weighted by Gasteiger charge is -2.71. The molecule has 21 nitrogen and oxygen atoms in total. The number of fused-ring (bicyclic) bond motifs is 6. The molecule has 24 atom stereocenters. The minimum atomic E-state index is -0.660. The molecule has 8 fully saturated rings. The fourth-order valence-corrected chi connectivity index (χ4v) is 24.1. The summed E-state index contributed by atoms with van der Waals surface area (Å²) in [5.41, 5.74) is 13.5. The van der Waals surface area contributed by atoms with Crippen molar-refractivity contribution in [2.75, 3.05) is 46.8 Å². The third kappa shape index (κ3) is 12.2. The summed E-state index contributed by atoms with van der Waals surface area (Å²) >= 11 is 0. The molecule has 0 aromatic carbocycles. The molecule has 21 heteroatoms. The maximum Gasteiger partial charge on any atom is 0.307 e. The van der Waals surface area contributed by atoms with Crippen LogP contribution in [0.3, 0.4) is 0 Å². The zero-order chi connectivity index (χ0) is 74.1. The first kappa shape index (κ1) is 78.0. The van der Waals surface area contributed by atoms with Crippen molar-refractivity contribution in [1.82, 2.24) is 20.0 Å². The molecule has 2 aromatic heterocycles. The molecule has 0 unspecified atom stereocenters. The van der Waals surface area contributed by atoms with Crippen molar-refractivity contribution in [3.8, 4) is 0 Å². The maximum atomic E-state index is 13.4. The molecule has 10 aliphatic rings. The molecule has 100 heavy (non-hydrogen) atoms. The Kier molecular flexibility index (Phi) is 21.1. The second-order valence-electron chi connectivity index (χ2n) is 38.5. The maximum absolute atomic E-state index is 13.4. The number of hydrogen-bond acceptors (Lipinski definition) is 15. The number of nitro groups is 2. The summed E-state index contributed by atoms with van der Waals surface area (Å²) in [7, 11) is 1.84. The van der Waals surface area contributed by atoms with Gasteiger partial charge in [0.15, 0.2) is 0 Å². The van der Waals surface area contributed by atoms with Gasteiger partial charge >= 0.3 is 23.3 Å². The molecule has 2 saturated heterocycles. The molecular formula is C79H128N8O13. The number of carbonyl (C=O) groups is 2. The fraction of sp³-hybridized carbons (Fsp3) is 0.848. The van der Waals surface area contributed by atoms with Crippen LogP contribution in [0.5, 0.6) is 0 Å². The van der Waals surface area contributed by atoms with Crippen LogP contribution in [-0.2, 0) is 33.3 Å². The number of ether oxygens (including phenoxy) is 5. The first-order chi connectivity index (χ1) is 46.3. The number of carboxylic acids is 2. The highest BCUT2D eigenvalue weighted by atomic mass is 16.6. The van der Waals surface area contributed by atoms with Gasteiger partial charge in [-0.15, -0.1) is 0 Å². The number of carboxylic acid groups (broad SMARTS) is 2. The van der Waals surface area contributed by atoms with Crippen molar-refractivity contribution >= 4 is 23.3 Å². The number of nitrogens with two attached hydrogens (primary N) is 2. The topological polar surface area (TPSA) is 306 Å². The number of nitrogens with zero attached hydrogens (tertiary/aromatic N) is 5. The van der Waals surface area contributed by atoms with Crippen LogP contribution in [0.1, 0.15) is 222 Å². The van der Waals surface area contributed by atoms with E-state index in [-0.39, 0.29) is 136 Å². The Morgan fingerprint density at radius 2 is 1.07 bits per heavy atom. The predicted molar refractivity (Wildman–Crippen MR) is 385 cm³/mol. The number of rotatable bonds is 16. The minimum Gasteiger partial charge on any atom is -0.481 e. The minimum absolute atomic E-state index is 0.00926. The highest BCUT2D eigenvalue weighted by Crippen LogP contribution is 2.78. The first-order valence-electron chi connectivity index (χ1n) is 37.9. The number of nitrogens with one attached hydrogen (secondary N) is 1. The second-order valence-corrected chi connectivity index (χ2v) is 38.5. The van der Waals surface area contributed by atoms with E-state index in [0.717, 1.165) is 83.4 Å². The Morgan fingerprint density at radius 3 is 1.44 bits per heavy atom. The third-order valence-electron chi connectivity index (χ3n) is 31.4. The molecule has 8 aliphatic carbocycles. The standard InChI is InChI=1S/C39H62N4O6.C37H63NO5.C3H3N3O2/c1-23(2)24(3)35(7)15-16-37(9)26-11-12-29-36(8)21-48-22-39(29,27(26)13-14-38(37,10)31(35)33(44)45)17-28(42-19-25(18-41-42)43(46)47)32(36)49-20-30(40)34(4,5)6;1-22(2)23(3)33(7)16-17-35(9)24-12-13-27-34(8)20-42-21-37(27,25(24)14-15-36(35,10)29(33)31(39)40)18-26(41-11)30(34)43-19-28(38)32(4,5)6;7-6(8)3-1-4-5-2-3/h13,18-19,23-24,26,28-32H,11-12,14-17,20-22,40H2,1-10H3,(H,44,45);14,22-24,26-30H,12-13,15-21,38H2,1-11H3,(H,39,40);1-2H,(H,4,5)/t24-,26+,28-,29+,30+,31-,32+,35-,36-,37-,38+,39+;23-,24+,26-,27+,28+,29-,30+,33-,34-,35-,36+,37+;/m11./s1. The highest BCUT2D eigenvalue weighted by Gasteiger charge is 2.75. The normalized spacial score (nSPS) is 42.3. The monoisotopic (exact) mass is 1400 g/mol. The third-order valence-corrected chi connectivity index (χ3v) is 31.4. The number of H-pyrrole nitrogens is 1. The Labute approximate surface area is 596 Å². The first-order valence-corrected chi connectivity index (χ1v) is 37.9. The number of aromatic nitrogens is 4. The van der Waals surface area contributed by atoms with Gasteiger partial charge in [-0.2, -0.15) is 10.2 Å². The van der Waals surface area contributed by atoms with Crippen LogP contribution in [0.25, 0.3) is 0 Å². The molecule has 4 heterocycles. The lowest BCUT2D eigenvalue weighted by atomic mass is 9.34. The smallest absolute Gasteiger partial charge is 0.307 e. The van der Waals surface area contributed by atoms with Crippen molar-refractivity contribution in [1.29, 1.82) is 0 Å². The Bertz CT molecular complexity index is 3400. The number of aromatic amines is 1. The van der Waals surface area contributed by atoms with Gasteiger partial charge in [-0.1, -0.05) is 162 Å². The molecule has 12 rings (SSSR count). The average Bonchev–Trinajstić information content (AvgIpc) is 0.702. The molecule has 0 radical (unpaired) electrons. The number of hydrogen-bond donors (Lipinski definition) is 5. The molecule has 7 N–H and O–H groups in total. The van der Waals surface area contributed by atoms with Crippen LogP contribution in [0.2, 0.25) is 0 Å². The molecule has 0 spiro atoms. The number of methoxy groups -OCH3 is 1. The Hall–Kier alpha value is -4.64. The van der Waals surface area contributed by atoms with Crippen LogP contribution >= 0.6 is 0 Å². The van der Waals surface area contributed by atoms with E-state index in [9.17, 15) is 40.0 Å². The van der Waals surface area contributed by atoms with Gasteiger partial charge in [-0.3, -0.25) is 39.6 Å². The van der Waals surface area contributed by atoms with Gasteiger partial charge in [0.1, 0.15) is 18.6 Å². The van der Waals surface area contributed by atoms with E-state index >= 15 is 0 Å². The van der Waals surface area contributed by atoms with Gasteiger partial charge in [0.05, 0.1) is 91.9 Å². The van der Waals surface area contributed by atoms with E-state index < -0.39 is 28.2 Å². The molecular weight excluding hydrogens is 1270 g/mol. The van der Waals surface area contributed by atoms with E-state index in [4.69, 9.17) is 35.2 Å². The average molecular weight is 1400 g/mol. The van der Waals surface area contributed by atoms with Crippen molar-refractivity contribution in [3.05, 3.63) is 68.3 Å².